The van der Waals surface area contributed by atoms with Gasteiger partial charge in [0.2, 0.25) is 5.95 Å². The lowest BCUT2D eigenvalue weighted by molar-refractivity contribution is 0.0921. The number of hydrogen-bond donors (Lipinski definition) is 1. The first-order valence-corrected chi connectivity index (χ1v) is 14.1. The molecule has 41 heavy (non-hydrogen) atoms. The van der Waals surface area contributed by atoms with Crippen LogP contribution in [0.2, 0.25) is 0 Å². The summed E-state index contributed by atoms with van der Waals surface area (Å²) in [6.45, 7) is 10.4. The van der Waals surface area contributed by atoms with Gasteiger partial charge in [-0.1, -0.05) is 19.8 Å². The van der Waals surface area contributed by atoms with Crippen LogP contribution in [0.5, 0.6) is 5.75 Å². The van der Waals surface area contributed by atoms with Crippen LogP contribution in [0, 0.1) is 35.8 Å². The Hall–Kier alpha value is -4.00. The molecule has 1 N–H and O–H groups in total. The van der Waals surface area contributed by atoms with Crippen molar-refractivity contribution in [1.82, 2.24) is 25.1 Å². The summed E-state index contributed by atoms with van der Waals surface area (Å²) in [5.41, 5.74) is 0.250. The predicted molar refractivity (Wildman–Crippen MR) is 154 cm³/mol. The third-order valence-electron chi connectivity index (χ3n) is 7.11. The first-order chi connectivity index (χ1) is 19.5. The van der Waals surface area contributed by atoms with Crippen LogP contribution < -0.4 is 15.0 Å². The van der Waals surface area contributed by atoms with E-state index in [1.807, 2.05) is 29.5 Å². The van der Waals surface area contributed by atoms with E-state index in [2.05, 4.69) is 45.1 Å². The highest BCUT2D eigenvalue weighted by Gasteiger charge is 2.25. The van der Waals surface area contributed by atoms with Gasteiger partial charge in [0, 0.05) is 61.5 Å². The Bertz CT molecular complexity index is 1350. The van der Waals surface area contributed by atoms with Crippen molar-refractivity contribution < 1.29 is 18.3 Å². The quantitative estimate of drug-likeness (QED) is 0.245. The van der Waals surface area contributed by atoms with Gasteiger partial charge in [0.15, 0.2) is 0 Å². The monoisotopic (exact) mass is 564 g/mol. The number of terminal acetylenes is 1. The third kappa shape index (κ3) is 8.03. The largest absolute Gasteiger partial charge is 0.493 e. The average Bonchev–Trinajstić information content (AvgIpc) is 3.39. The van der Waals surface area contributed by atoms with Gasteiger partial charge in [-0.15, -0.1) is 6.42 Å². The van der Waals surface area contributed by atoms with Gasteiger partial charge in [-0.05, 0) is 51.4 Å². The Morgan fingerprint density at radius 1 is 1.15 bits per heavy atom. The van der Waals surface area contributed by atoms with Crippen molar-refractivity contribution in [1.29, 1.82) is 0 Å². The molecule has 0 unspecified atom stereocenters. The SMILES string of the molecule is C#CC(C)(C)NC(=O)c1c(F)cc(OCCCC2CCN(c3ncc(-c4cnn(CC(C)C)c4)cn3)CC2)cc1F. The van der Waals surface area contributed by atoms with Crippen LogP contribution in [0.3, 0.4) is 0 Å². The Morgan fingerprint density at radius 3 is 2.41 bits per heavy atom. The molecule has 4 rings (SSSR count). The van der Waals surface area contributed by atoms with Crippen molar-refractivity contribution in [2.75, 3.05) is 24.6 Å². The summed E-state index contributed by atoms with van der Waals surface area (Å²) < 4.78 is 36.6. The molecule has 0 atom stereocenters. The number of nitrogens with one attached hydrogen (secondary N) is 1. The topological polar surface area (TPSA) is 85.2 Å². The number of hydrogen-bond acceptors (Lipinski definition) is 6. The zero-order valence-corrected chi connectivity index (χ0v) is 24.2. The zero-order valence-electron chi connectivity index (χ0n) is 24.2. The molecule has 10 heteroatoms. The van der Waals surface area contributed by atoms with Crippen molar-refractivity contribution in [2.24, 2.45) is 11.8 Å². The molecule has 0 aliphatic carbocycles. The number of rotatable bonds is 11. The Kier molecular flexibility index (Phi) is 9.58. The van der Waals surface area contributed by atoms with Crippen molar-refractivity contribution in [2.45, 2.75) is 65.5 Å². The van der Waals surface area contributed by atoms with Crippen LogP contribution in [0.25, 0.3) is 11.1 Å². The molecule has 1 fully saturated rings. The van der Waals surface area contributed by atoms with Crippen LogP contribution in [-0.2, 0) is 6.54 Å². The number of ether oxygens (including phenoxy) is 1. The normalized spacial score (nSPS) is 14.2. The second-order valence-electron chi connectivity index (χ2n) is 11.5. The summed E-state index contributed by atoms with van der Waals surface area (Å²) in [5, 5.41) is 6.85. The van der Waals surface area contributed by atoms with E-state index in [0.29, 0.717) is 18.4 Å². The highest BCUT2D eigenvalue weighted by Crippen LogP contribution is 2.26. The predicted octanol–water partition coefficient (Wildman–Crippen LogP) is 5.49. The fourth-order valence-corrected chi connectivity index (χ4v) is 4.84. The Labute approximate surface area is 240 Å². The van der Waals surface area contributed by atoms with Gasteiger partial charge >= 0.3 is 0 Å². The van der Waals surface area contributed by atoms with Crippen molar-refractivity contribution in [3.63, 3.8) is 0 Å². The summed E-state index contributed by atoms with van der Waals surface area (Å²) in [6, 6.07) is 2.06. The van der Waals surface area contributed by atoms with Gasteiger partial charge < -0.3 is 15.0 Å². The Balaban J connectivity index is 1.20. The molecule has 3 heterocycles. The van der Waals surface area contributed by atoms with E-state index in [-0.39, 0.29) is 5.75 Å². The van der Waals surface area contributed by atoms with Gasteiger partial charge in [-0.3, -0.25) is 9.48 Å². The van der Waals surface area contributed by atoms with E-state index in [9.17, 15) is 13.6 Å². The molecule has 1 aliphatic heterocycles. The summed E-state index contributed by atoms with van der Waals surface area (Å²) in [7, 11) is 0. The summed E-state index contributed by atoms with van der Waals surface area (Å²) >= 11 is 0. The molecule has 3 aromatic rings. The summed E-state index contributed by atoms with van der Waals surface area (Å²) in [4.78, 5) is 23.7. The molecular weight excluding hydrogens is 526 g/mol. The second-order valence-corrected chi connectivity index (χ2v) is 11.5. The van der Waals surface area contributed by atoms with Crippen LogP contribution in [0.4, 0.5) is 14.7 Å². The molecule has 1 aromatic carbocycles. The second kappa shape index (κ2) is 13.1. The van der Waals surface area contributed by atoms with E-state index < -0.39 is 28.6 Å². The molecule has 0 spiro atoms. The maximum Gasteiger partial charge on any atom is 0.258 e. The molecule has 0 bridgehead atoms. The van der Waals surface area contributed by atoms with Crippen molar-refractivity contribution in [3.05, 3.63) is 54.1 Å². The van der Waals surface area contributed by atoms with E-state index >= 15 is 0 Å². The molecule has 1 aliphatic rings. The van der Waals surface area contributed by atoms with Gasteiger partial charge in [0.1, 0.15) is 22.9 Å². The van der Waals surface area contributed by atoms with E-state index in [1.54, 1.807) is 13.8 Å². The average molecular weight is 565 g/mol. The molecule has 1 amide bonds. The smallest absolute Gasteiger partial charge is 0.258 e. The molecule has 8 nitrogen and oxygen atoms in total. The number of benzene rings is 1. The van der Waals surface area contributed by atoms with Crippen LogP contribution in [0.1, 0.15) is 63.7 Å². The fraction of sp³-hybridized carbons (Fsp3) is 0.484. The molecule has 1 saturated heterocycles. The lowest BCUT2D eigenvalue weighted by Gasteiger charge is -2.32. The number of amides is 1. The molecule has 2 aromatic heterocycles. The summed E-state index contributed by atoms with van der Waals surface area (Å²) in [5.74, 6) is 1.31. The van der Waals surface area contributed by atoms with Gasteiger partial charge in [0.25, 0.3) is 5.91 Å². The van der Waals surface area contributed by atoms with Gasteiger partial charge in [-0.2, -0.15) is 5.10 Å². The number of halogens is 2. The maximum absolute atomic E-state index is 14.5. The van der Waals surface area contributed by atoms with E-state index in [4.69, 9.17) is 11.2 Å². The first kappa shape index (κ1) is 30.0. The highest BCUT2D eigenvalue weighted by molar-refractivity contribution is 5.95. The van der Waals surface area contributed by atoms with Gasteiger partial charge in [0.05, 0.1) is 18.3 Å². The van der Waals surface area contributed by atoms with Crippen molar-refractivity contribution in [3.8, 4) is 29.2 Å². The third-order valence-corrected chi connectivity index (χ3v) is 7.11. The number of carbonyl (C=O) groups excluding carboxylic acids is 1. The fourth-order valence-electron chi connectivity index (χ4n) is 4.84. The molecule has 0 radical (unpaired) electrons. The van der Waals surface area contributed by atoms with Crippen LogP contribution in [0.15, 0.2) is 36.9 Å². The minimum absolute atomic E-state index is 0.0513. The maximum atomic E-state index is 14.5. The number of piperidine rings is 1. The molecular formula is C31H38F2N6O2. The lowest BCUT2D eigenvalue weighted by atomic mass is 9.92. The minimum Gasteiger partial charge on any atom is -0.493 e. The number of anilines is 1. The van der Waals surface area contributed by atoms with Crippen molar-refractivity contribution >= 4 is 11.9 Å². The number of nitrogens with zero attached hydrogens (tertiary/aromatic N) is 5. The van der Waals surface area contributed by atoms with Gasteiger partial charge in [-0.25, -0.2) is 18.7 Å². The standard InChI is InChI=1S/C31H38F2N6O2/c1-6-31(4,5)37-29(40)28-26(32)14-25(15-27(28)33)41-13-7-8-22-9-11-38(12-10-22)30-34-16-23(17-35-30)24-18-36-39(20-24)19-21(2)3/h1,14-18,20-22H,7-13,19H2,2-5H3,(H,37,40). The van der Waals surface area contributed by atoms with E-state index in [1.165, 1.54) is 0 Å². The number of aromatic nitrogens is 4. The number of carbonyl (C=O) groups is 1. The van der Waals surface area contributed by atoms with Crippen LogP contribution in [-0.4, -0.2) is 50.9 Å². The molecule has 218 valence electrons. The lowest BCUT2D eigenvalue weighted by Crippen LogP contribution is -2.42. The highest BCUT2D eigenvalue weighted by atomic mass is 19.1. The Morgan fingerprint density at radius 2 is 1.80 bits per heavy atom. The minimum atomic E-state index is -1.03. The van der Waals surface area contributed by atoms with Crippen LogP contribution >= 0.6 is 0 Å². The molecule has 0 saturated carbocycles. The first-order valence-electron chi connectivity index (χ1n) is 14.1. The zero-order chi connectivity index (χ0) is 29.6. The summed E-state index contributed by atoms with van der Waals surface area (Å²) in [6.07, 6.45) is 16.6. The van der Waals surface area contributed by atoms with E-state index in [0.717, 1.165) is 74.5 Å².